The van der Waals surface area contributed by atoms with Gasteiger partial charge in [-0.3, -0.25) is 0 Å². The van der Waals surface area contributed by atoms with Gasteiger partial charge in [-0.2, -0.15) is 0 Å². The van der Waals surface area contributed by atoms with E-state index < -0.39 is 21.3 Å². The van der Waals surface area contributed by atoms with Crippen LogP contribution < -0.4 is 0 Å². The van der Waals surface area contributed by atoms with Crippen molar-refractivity contribution in [2.24, 2.45) is 0 Å². The van der Waals surface area contributed by atoms with Gasteiger partial charge in [0.05, 0.1) is 0 Å². The molecule has 0 aliphatic heterocycles. The molecule has 2 aliphatic carbocycles. The minimum atomic E-state index is -1.64. The fourth-order valence-corrected chi connectivity index (χ4v) is 7.13. The molecule has 0 saturated carbocycles. The molecule has 0 aromatic carbocycles. The van der Waals surface area contributed by atoms with E-state index in [0.29, 0.717) is 0 Å². The van der Waals surface area contributed by atoms with Crippen LogP contribution in [0.1, 0.15) is 33.6 Å². The SMILES string of the molecule is Cl.Cl.[CH2]=[Zr]([C]1=CC(C)=CC1)[C]1=CC(C)=C(C)C1. The molecule has 0 unspecified atom stereocenters. The molecule has 0 amide bonds. The van der Waals surface area contributed by atoms with Crippen molar-refractivity contribution in [3.8, 4) is 0 Å². The summed E-state index contributed by atoms with van der Waals surface area (Å²) in [7, 11) is 0. The van der Waals surface area contributed by atoms with Gasteiger partial charge >= 0.3 is 101 Å². The monoisotopic (exact) mass is 348 g/mol. The molecule has 0 saturated heterocycles. The predicted molar refractivity (Wildman–Crippen MR) is 79.1 cm³/mol. The van der Waals surface area contributed by atoms with Crippen LogP contribution in [0.4, 0.5) is 0 Å². The summed E-state index contributed by atoms with van der Waals surface area (Å²) in [6.07, 6.45) is 9.51. The topological polar surface area (TPSA) is 0 Å². The third-order valence-electron chi connectivity index (χ3n) is 3.34. The van der Waals surface area contributed by atoms with Crippen LogP contribution in [0.5, 0.6) is 0 Å². The third kappa shape index (κ3) is 3.88. The van der Waals surface area contributed by atoms with Crippen molar-refractivity contribution >= 4 is 29.0 Å². The van der Waals surface area contributed by atoms with Crippen LogP contribution in [0.25, 0.3) is 0 Å². The average molecular weight is 350 g/mol. The van der Waals surface area contributed by atoms with Gasteiger partial charge in [-0.15, -0.1) is 24.8 Å². The molecule has 0 spiro atoms. The van der Waals surface area contributed by atoms with E-state index in [1.807, 2.05) is 0 Å². The van der Waals surface area contributed by atoms with Crippen molar-refractivity contribution in [2.75, 3.05) is 0 Å². The Balaban J connectivity index is 0.00000128. The van der Waals surface area contributed by atoms with Crippen molar-refractivity contribution in [1.29, 1.82) is 0 Å². The van der Waals surface area contributed by atoms with Gasteiger partial charge in [0, 0.05) is 0 Å². The zero-order chi connectivity index (χ0) is 11.0. The van der Waals surface area contributed by atoms with Crippen molar-refractivity contribution in [2.45, 2.75) is 33.6 Å². The molecule has 0 aromatic rings. The fraction of sp³-hybridized carbons (Fsp3) is 0.357. The molecule has 0 N–H and O–H groups in total. The predicted octanol–water partition coefficient (Wildman–Crippen LogP) is 4.74. The van der Waals surface area contributed by atoms with E-state index in [1.165, 1.54) is 24.0 Å². The summed E-state index contributed by atoms with van der Waals surface area (Å²) in [6, 6.07) is 0. The summed E-state index contributed by atoms with van der Waals surface area (Å²) in [5, 5.41) is 0. The molecule has 0 heterocycles. The van der Waals surface area contributed by atoms with Crippen LogP contribution in [-0.4, -0.2) is 4.21 Å². The van der Waals surface area contributed by atoms with Gasteiger partial charge in [-0.1, -0.05) is 0 Å². The second kappa shape index (κ2) is 7.02. The average Bonchev–Trinajstić information content (AvgIpc) is 2.74. The summed E-state index contributed by atoms with van der Waals surface area (Å²) in [6.45, 7) is 6.67. The Bertz CT molecular complexity index is 451. The Morgan fingerprint density at radius 1 is 1.06 bits per heavy atom. The molecule has 94 valence electrons. The number of hydrogen-bond acceptors (Lipinski definition) is 0. The molecule has 0 aromatic heterocycles. The Morgan fingerprint density at radius 3 is 2.12 bits per heavy atom. The summed E-state index contributed by atoms with van der Waals surface area (Å²) in [5.41, 5.74) is 4.47. The maximum atomic E-state index is 4.51. The van der Waals surface area contributed by atoms with Crippen LogP contribution >= 0.6 is 24.8 Å². The number of allylic oxidation sites excluding steroid dienone is 8. The number of halogens is 2. The van der Waals surface area contributed by atoms with Gasteiger partial charge < -0.3 is 0 Å². The molecule has 17 heavy (non-hydrogen) atoms. The van der Waals surface area contributed by atoms with Gasteiger partial charge in [0.2, 0.25) is 0 Å². The summed E-state index contributed by atoms with van der Waals surface area (Å²) < 4.78 is 7.86. The fourth-order valence-electron chi connectivity index (χ4n) is 2.13. The molecule has 0 nitrogen and oxygen atoms in total. The normalized spacial score (nSPS) is 17.9. The first-order valence-corrected chi connectivity index (χ1v) is 9.71. The quantitative estimate of drug-likeness (QED) is 0.675. The molecule has 2 rings (SSSR count). The molecule has 0 fully saturated rings. The van der Waals surface area contributed by atoms with E-state index in [2.05, 4.69) is 43.2 Å². The molecule has 2 aliphatic rings. The van der Waals surface area contributed by atoms with E-state index >= 15 is 0 Å². The van der Waals surface area contributed by atoms with Crippen LogP contribution in [0.3, 0.4) is 0 Å². The van der Waals surface area contributed by atoms with Gasteiger partial charge in [0.1, 0.15) is 0 Å². The summed E-state index contributed by atoms with van der Waals surface area (Å²) in [4.78, 5) is 0. The van der Waals surface area contributed by atoms with E-state index in [1.54, 1.807) is 12.1 Å². The number of hydrogen-bond donors (Lipinski definition) is 0. The van der Waals surface area contributed by atoms with E-state index in [-0.39, 0.29) is 24.8 Å². The van der Waals surface area contributed by atoms with Gasteiger partial charge in [-0.25, -0.2) is 0 Å². The first-order chi connectivity index (χ1) is 7.08. The summed E-state index contributed by atoms with van der Waals surface area (Å²) >= 11 is -1.64. The summed E-state index contributed by atoms with van der Waals surface area (Å²) in [5.74, 6) is 0. The van der Waals surface area contributed by atoms with E-state index in [4.69, 9.17) is 0 Å². The zero-order valence-electron chi connectivity index (χ0n) is 10.7. The Hall–Kier alpha value is 0.293. The molecular weight excluding hydrogens is 330 g/mol. The van der Waals surface area contributed by atoms with Gasteiger partial charge in [-0.05, 0) is 0 Å². The van der Waals surface area contributed by atoms with Crippen molar-refractivity contribution in [3.05, 3.63) is 41.5 Å². The van der Waals surface area contributed by atoms with Crippen LogP contribution in [-0.2, 0) is 21.3 Å². The Labute approximate surface area is 125 Å². The standard InChI is InChI=1S/C7H9.C6H7.CH2.2ClH.Zr/c1-6-4-3-5-7(6)2;1-6-4-2-3-5-6;;;;/h4H,5H2,1-2H3;4-5H,2H2,1H3;1H2;2*1H;. The Morgan fingerprint density at radius 2 is 1.71 bits per heavy atom. The van der Waals surface area contributed by atoms with E-state index in [0.717, 1.165) is 0 Å². The third-order valence-corrected chi connectivity index (χ3v) is 8.80. The van der Waals surface area contributed by atoms with Gasteiger partial charge in [0.25, 0.3) is 0 Å². The van der Waals surface area contributed by atoms with E-state index in [9.17, 15) is 0 Å². The second-order valence-corrected chi connectivity index (χ2v) is 10.1. The second-order valence-electron chi connectivity index (χ2n) is 4.61. The van der Waals surface area contributed by atoms with Crippen LogP contribution in [0.15, 0.2) is 41.5 Å². The van der Waals surface area contributed by atoms with Crippen LogP contribution in [0, 0.1) is 0 Å². The Kier molecular flexibility index (Phi) is 7.14. The first kappa shape index (κ1) is 17.3. The van der Waals surface area contributed by atoms with Crippen LogP contribution in [0.2, 0.25) is 0 Å². The maximum absolute atomic E-state index is 4.51. The van der Waals surface area contributed by atoms with Crippen molar-refractivity contribution < 1.29 is 21.3 Å². The minimum absolute atomic E-state index is 0. The first-order valence-electron chi connectivity index (χ1n) is 5.52. The molecule has 0 radical (unpaired) electrons. The zero-order valence-corrected chi connectivity index (χ0v) is 14.8. The molecular formula is C14H20Cl2Zr. The molecule has 0 atom stereocenters. The van der Waals surface area contributed by atoms with Crippen molar-refractivity contribution in [3.63, 3.8) is 0 Å². The number of rotatable bonds is 2. The molecule has 0 bridgehead atoms. The molecule has 3 heteroatoms. The van der Waals surface area contributed by atoms with Crippen molar-refractivity contribution in [1.82, 2.24) is 0 Å². The van der Waals surface area contributed by atoms with Gasteiger partial charge in [0.15, 0.2) is 0 Å².